The fraction of sp³-hybridized carbons (Fsp3) is 0.133. The van der Waals surface area contributed by atoms with Gasteiger partial charge < -0.3 is 10.1 Å². The van der Waals surface area contributed by atoms with Crippen LogP contribution in [0.15, 0.2) is 42.5 Å². The van der Waals surface area contributed by atoms with Crippen molar-refractivity contribution in [2.45, 2.75) is 6.92 Å². The smallest absolute Gasteiger partial charge is 0.255 e. The highest BCUT2D eigenvalue weighted by atomic mass is 19.1. The number of rotatable bonds is 4. The van der Waals surface area contributed by atoms with Gasteiger partial charge in [-0.1, -0.05) is 12.1 Å². The normalized spacial score (nSPS) is 10.2. The molecule has 0 unspecified atom stereocenters. The van der Waals surface area contributed by atoms with Crippen LogP contribution in [0.3, 0.4) is 0 Å². The molecule has 1 N–H and O–H groups in total. The zero-order valence-electron chi connectivity index (χ0n) is 10.8. The maximum Gasteiger partial charge on any atom is 0.255 e. The minimum Gasteiger partial charge on any atom is -0.492 e. The molecule has 0 aromatic heterocycles. The number of carbonyl (C=O) groups excluding carboxylic acids is 1. The summed E-state index contributed by atoms with van der Waals surface area (Å²) >= 11 is 0. The van der Waals surface area contributed by atoms with Crippen molar-refractivity contribution in [3.63, 3.8) is 0 Å². The summed E-state index contributed by atoms with van der Waals surface area (Å²) in [6, 6.07) is 9.50. The summed E-state index contributed by atoms with van der Waals surface area (Å²) in [6.07, 6.45) is 0. The molecule has 3 nitrogen and oxygen atoms in total. The van der Waals surface area contributed by atoms with Crippen LogP contribution in [-0.4, -0.2) is 12.5 Å². The number of ether oxygens (including phenoxy) is 1. The molecule has 0 fully saturated rings. The van der Waals surface area contributed by atoms with E-state index in [4.69, 9.17) is 4.74 Å². The van der Waals surface area contributed by atoms with Crippen LogP contribution < -0.4 is 10.1 Å². The summed E-state index contributed by atoms with van der Waals surface area (Å²) in [6.45, 7) is 2.27. The molecule has 1 amide bonds. The van der Waals surface area contributed by atoms with Crippen LogP contribution in [0.5, 0.6) is 5.75 Å². The number of nitrogens with one attached hydrogen (secondary N) is 1. The molecule has 2 rings (SSSR count). The Morgan fingerprint density at radius 2 is 1.80 bits per heavy atom. The Morgan fingerprint density at radius 1 is 1.15 bits per heavy atom. The lowest BCUT2D eigenvalue weighted by Gasteiger charge is -2.11. The van der Waals surface area contributed by atoms with E-state index in [1.165, 1.54) is 0 Å². The second kappa shape index (κ2) is 6.14. The molecule has 5 heteroatoms. The van der Waals surface area contributed by atoms with Gasteiger partial charge in [0, 0.05) is 11.6 Å². The molecule has 0 saturated carbocycles. The molecule has 0 aliphatic heterocycles. The van der Waals surface area contributed by atoms with Crippen molar-refractivity contribution in [1.82, 2.24) is 0 Å². The summed E-state index contributed by atoms with van der Waals surface area (Å²) in [5.74, 6) is -1.70. The molecule has 0 radical (unpaired) electrons. The molecule has 0 atom stereocenters. The molecule has 0 bridgehead atoms. The summed E-state index contributed by atoms with van der Waals surface area (Å²) in [5, 5.41) is 2.57. The standard InChI is InChI=1S/C15H13F2NO2/c1-2-20-14-6-4-3-5-13(14)18-15(19)10-7-11(16)9-12(17)8-10/h3-9H,2H2,1H3,(H,18,19). The molecule has 0 aliphatic carbocycles. The zero-order valence-corrected chi connectivity index (χ0v) is 10.8. The summed E-state index contributed by atoms with van der Waals surface area (Å²) in [7, 11) is 0. The van der Waals surface area contributed by atoms with Crippen molar-refractivity contribution in [3.8, 4) is 5.75 Å². The van der Waals surface area contributed by atoms with Crippen LogP contribution in [-0.2, 0) is 0 Å². The molecular formula is C15H13F2NO2. The number of carbonyl (C=O) groups is 1. The largest absolute Gasteiger partial charge is 0.492 e. The van der Waals surface area contributed by atoms with Crippen LogP contribution in [0, 0.1) is 11.6 Å². The first kappa shape index (κ1) is 14.0. The van der Waals surface area contributed by atoms with Gasteiger partial charge in [0.25, 0.3) is 5.91 Å². The number of halogens is 2. The summed E-state index contributed by atoms with van der Waals surface area (Å²) < 4.78 is 31.5. The fourth-order valence-electron chi connectivity index (χ4n) is 1.73. The van der Waals surface area contributed by atoms with Gasteiger partial charge in [0.05, 0.1) is 12.3 Å². The van der Waals surface area contributed by atoms with E-state index in [2.05, 4.69) is 5.32 Å². The Bertz CT molecular complexity index is 609. The third kappa shape index (κ3) is 3.32. The highest BCUT2D eigenvalue weighted by Crippen LogP contribution is 2.24. The third-order valence-corrected chi connectivity index (χ3v) is 2.56. The Morgan fingerprint density at radius 3 is 2.45 bits per heavy atom. The predicted octanol–water partition coefficient (Wildman–Crippen LogP) is 3.62. The Balaban J connectivity index is 2.23. The van der Waals surface area contributed by atoms with Crippen LogP contribution in [0.4, 0.5) is 14.5 Å². The summed E-state index contributed by atoms with van der Waals surface area (Å²) in [5.41, 5.74) is 0.359. The lowest BCUT2D eigenvalue weighted by Crippen LogP contribution is -2.13. The third-order valence-electron chi connectivity index (χ3n) is 2.56. The molecule has 104 valence electrons. The minimum atomic E-state index is -0.798. The molecule has 2 aromatic carbocycles. The highest BCUT2D eigenvalue weighted by Gasteiger charge is 2.11. The van der Waals surface area contributed by atoms with E-state index in [1.807, 2.05) is 6.92 Å². The Kier molecular flexibility index (Phi) is 4.30. The number of anilines is 1. The van der Waals surface area contributed by atoms with Gasteiger partial charge >= 0.3 is 0 Å². The molecule has 0 spiro atoms. The van der Waals surface area contributed by atoms with Gasteiger partial charge in [0.15, 0.2) is 0 Å². The highest BCUT2D eigenvalue weighted by molar-refractivity contribution is 6.05. The molecule has 0 saturated heterocycles. The lowest BCUT2D eigenvalue weighted by molar-refractivity contribution is 0.102. The number of para-hydroxylation sites is 2. The number of hydrogen-bond acceptors (Lipinski definition) is 2. The fourth-order valence-corrected chi connectivity index (χ4v) is 1.73. The van der Waals surface area contributed by atoms with E-state index in [9.17, 15) is 13.6 Å². The predicted molar refractivity (Wildman–Crippen MR) is 71.9 cm³/mol. The monoisotopic (exact) mass is 277 g/mol. The molecule has 0 heterocycles. The van der Waals surface area contributed by atoms with Gasteiger partial charge in [-0.2, -0.15) is 0 Å². The Hall–Kier alpha value is -2.43. The van der Waals surface area contributed by atoms with Crippen molar-refractivity contribution in [3.05, 3.63) is 59.7 Å². The average molecular weight is 277 g/mol. The first-order valence-electron chi connectivity index (χ1n) is 6.09. The molecule has 20 heavy (non-hydrogen) atoms. The van der Waals surface area contributed by atoms with Crippen LogP contribution in [0.25, 0.3) is 0 Å². The van der Waals surface area contributed by atoms with Crippen molar-refractivity contribution in [2.75, 3.05) is 11.9 Å². The van der Waals surface area contributed by atoms with Crippen LogP contribution >= 0.6 is 0 Å². The quantitative estimate of drug-likeness (QED) is 0.927. The summed E-state index contributed by atoms with van der Waals surface area (Å²) in [4.78, 5) is 12.0. The second-order valence-corrected chi connectivity index (χ2v) is 4.04. The van der Waals surface area contributed by atoms with E-state index in [-0.39, 0.29) is 5.56 Å². The van der Waals surface area contributed by atoms with Gasteiger partial charge in [0.2, 0.25) is 0 Å². The van der Waals surface area contributed by atoms with Crippen molar-refractivity contribution in [1.29, 1.82) is 0 Å². The average Bonchev–Trinajstić information content (AvgIpc) is 2.40. The van der Waals surface area contributed by atoms with E-state index < -0.39 is 17.5 Å². The Labute approximate surface area is 115 Å². The molecule has 2 aromatic rings. The van der Waals surface area contributed by atoms with E-state index in [0.717, 1.165) is 12.1 Å². The minimum absolute atomic E-state index is 0.0891. The van der Waals surface area contributed by atoms with Crippen LogP contribution in [0.1, 0.15) is 17.3 Å². The van der Waals surface area contributed by atoms with Gasteiger partial charge in [0.1, 0.15) is 17.4 Å². The van der Waals surface area contributed by atoms with Gasteiger partial charge in [-0.25, -0.2) is 8.78 Å². The topological polar surface area (TPSA) is 38.3 Å². The molecule has 0 aliphatic rings. The molecular weight excluding hydrogens is 264 g/mol. The number of amides is 1. The van der Waals surface area contributed by atoms with Gasteiger partial charge in [-0.15, -0.1) is 0 Å². The van der Waals surface area contributed by atoms with E-state index in [0.29, 0.717) is 24.1 Å². The number of benzene rings is 2. The van der Waals surface area contributed by atoms with Crippen molar-refractivity contribution in [2.24, 2.45) is 0 Å². The van der Waals surface area contributed by atoms with E-state index >= 15 is 0 Å². The van der Waals surface area contributed by atoms with Crippen molar-refractivity contribution >= 4 is 11.6 Å². The number of hydrogen-bond donors (Lipinski definition) is 1. The first-order valence-corrected chi connectivity index (χ1v) is 6.09. The lowest BCUT2D eigenvalue weighted by atomic mass is 10.2. The second-order valence-electron chi connectivity index (χ2n) is 4.04. The maximum absolute atomic E-state index is 13.1. The van der Waals surface area contributed by atoms with Gasteiger partial charge in [-0.3, -0.25) is 4.79 Å². The van der Waals surface area contributed by atoms with Crippen molar-refractivity contribution < 1.29 is 18.3 Å². The zero-order chi connectivity index (χ0) is 14.5. The van der Waals surface area contributed by atoms with Crippen LogP contribution in [0.2, 0.25) is 0 Å². The SMILES string of the molecule is CCOc1ccccc1NC(=O)c1cc(F)cc(F)c1. The first-order chi connectivity index (χ1) is 9.60. The maximum atomic E-state index is 13.1. The van der Waals surface area contributed by atoms with E-state index in [1.54, 1.807) is 24.3 Å². The van der Waals surface area contributed by atoms with Gasteiger partial charge in [-0.05, 0) is 31.2 Å².